The van der Waals surface area contributed by atoms with Crippen molar-refractivity contribution in [3.63, 3.8) is 0 Å². The van der Waals surface area contributed by atoms with E-state index in [9.17, 15) is 4.79 Å². The fraction of sp³-hybridized carbons (Fsp3) is 0.235. The van der Waals surface area contributed by atoms with Crippen LogP contribution >= 0.6 is 15.9 Å². The summed E-state index contributed by atoms with van der Waals surface area (Å²) in [6.45, 7) is 6.36. The average Bonchev–Trinajstić information content (AvgIpc) is 2.40. The number of rotatable bonds is 4. The lowest BCUT2D eigenvalue weighted by atomic mass is 9.94. The first-order valence-corrected chi connectivity index (χ1v) is 7.37. The Morgan fingerprint density at radius 2 is 1.80 bits per heavy atom. The molecule has 3 heteroatoms. The number of carbonyl (C=O) groups excluding carboxylic acids is 1. The van der Waals surface area contributed by atoms with Crippen LogP contribution in [0.2, 0.25) is 0 Å². The van der Waals surface area contributed by atoms with Crippen molar-refractivity contribution in [2.24, 2.45) is 0 Å². The third-order valence-electron chi connectivity index (χ3n) is 3.19. The SMILES string of the molecule is CCOc1ccc(Br)cc1C(=O)c1c(C)cccc1C. The maximum absolute atomic E-state index is 12.8. The van der Waals surface area contributed by atoms with Gasteiger partial charge in [0.1, 0.15) is 5.75 Å². The molecule has 0 aliphatic carbocycles. The third kappa shape index (κ3) is 2.93. The van der Waals surface area contributed by atoms with Crippen molar-refractivity contribution < 1.29 is 9.53 Å². The molecule has 2 nitrogen and oxygen atoms in total. The summed E-state index contributed by atoms with van der Waals surface area (Å²) in [6.07, 6.45) is 0. The highest BCUT2D eigenvalue weighted by Gasteiger charge is 2.18. The van der Waals surface area contributed by atoms with E-state index in [1.165, 1.54) is 0 Å². The predicted molar refractivity (Wildman–Crippen MR) is 84.7 cm³/mol. The van der Waals surface area contributed by atoms with Gasteiger partial charge in [-0.05, 0) is 50.1 Å². The van der Waals surface area contributed by atoms with Crippen molar-refractivity contribution in [2.45, 2.75) is 20.8 Å². The first-order chi connectivity index (χ1) is 9.54. The van der Waals surface area contributed by atoms with Crippen LogP contribution in [0.4, 0.5) is 0 Å². The van der Waals surface area contributed by atoms with E-state index in [-0.39, 0.29) is 5.78 Å². The maximum Gasteiger partial charge on any atom is 0.197 e. The van der Waals surface area contributed by atoms with E-state index < -0.39 is 0 Å². The maximum atomic E-state index is 12.8. The highest BCUT2D eigenvalue weighted by Crippen LogP contribution is 2.28. The van der Waals surface area contributed by atoms with Gasteiger partial charge in [0, 0.05) is 10.0 Å². The Labute approximate surface area is 127 Å². The third-order valence-corrected chi connectivity index (χ3v) is 3.69. The van der Waals surface area contributed by atoms with Gasteiger partial charge in [0.25, 0.3) is 0 Å². The van der Waals surface area contributed by atoms with Gasteiger partial charge < -0.3 is 4.74 Å². The molecule has 0 unspecified atom stereocenters. The summed E-state index contributed by atoms with van der Waals surface area (Å²) in [4.78, 5) is 12.8. The van der Waals surface area contributed by atoms with Crippen molar-refractivity contribution in [1.29, 1.82) is 0 Å². The van der Waals surface area contributed by atoms with Gasteiger partial charge in [-0.25, -0.2) is 0 Å². The highest BCUT2D eigenvalue weighted by molar-refractivity contribution is 9.10. The van der Waals surface area contributed by atoms with Crippen LogP contribution < -0.4 is 4.74 Å². The van der Waals surface area contributed by atoms with Gasteiger partial charge in [-0.15, -0.1) is 0 Å². The van der Waals surface area contributed by atoms with Crippen LogP contribution in [0.25, 0.3) is 0 Å². The van der Waals surface area contributed by atoms with E-state index in [2.05, 4.69) is 15.9 Å². The van der Waals surface area contributed by atoms with E-state index in [4.69, 9.17) is 4.74 Å². The quantitative estimate of drug-likeness (QED) is 0.759. The highest BCUT2D eigenvalue weighted by atomic mass is 79.9. The van der Waals surface area contributed by atoms with Crippen LogP contribution in [0.15, 0.2) is 40.9 Å². The van der Waals surface area contributed by atoms with Gasteiger partial charge >= 0.3 is 0 Å². The first kappa shape index (κ1) is 14.8. The minimum atomic E-state index is 0.00495. The van der Waals surface area contributed by atoms with Crippen LogP contribution in [0.5, 0.6) is 5.75 Å². The normalized spacial score (nSPS) is 10.4. The molecule has 0 saturated heterocycles. The largest absolute Gasteiger partial charge is 0.493 e. The lowest BCUT2D eigenvalue weighted by Gasteiger charge is -2.13. The molecule has 104 valence electrons. The van der Waals surface area contributed by atoms with Crippen LogP contribution in [0, 0.1) is 13.8 Å². The Bertz CT molecular complexity index is 627. The second-order valence-electron chi connectivity index (χ2n) is 4.67. The second kappa shape index (κ2) is 6.23. The topological polar surface area (TPSA) is 26.3 Å². The average molecular weight is 333 g/mol. The molecule has 0 aromatic heterocycles. The van der Waals surface area contributed by atoms with Crippen LogP contribution in [0.1, 0.15) is 34.0 Å². The van der Waals surface area contributed by atoms with Crippen molar-refractivity contribution in [3.8, 4) is 5.75 Å². The molecule has 0 aliphatic heterocycles. The van der Waals surface area contributed by atoms with E-state index in [0.717, 1.165) is 21.2 Å². The molecule has 0 radical (unpaired) electrons. The predicted octanol–water partition coefficient (Wildman–Crippen LogP) is 4.70. The molecule has 0 heterocycles. The molecular formula is C17H17BrO2. The fourth-order valence-corrected chi connectivity index (χ4v) is 2.63. The summed E-state index contributed by atoms with van der Waals surface area (Å²) in [7, 11) is 0. The summed E-state index contributed by atoms with van der Waals surface area (Å²) in [5, 5.41) is 0. The van der Waals surface area contributed by atoms with Gasteiger partial charge in [0.2, 0.25) is 0 Å². The van der Waals surface area contributed by atoms with Gasteiger partial charge in [-0.2, -0.15) is 0 Å². The number of hydrogen-bond acceptors (Lipinski definition) is 2. The van der Waals surface area contributed by atoms with E-state index in [1.807, 2.05) is 57.2 Å². The summed E-state index contributed by atoms with van der Waals surface area (Å²) >= 11 is 3.42. The molecule has 20 heavy (non-hydrogen) atoms. The van der Waals surface area contributed by atoms with Crippen molar-refractivity contribution >= 4 is 21.7 Å². The van der Waals surface area contributed by atoms with E-state index >= 15 is 0 Å². The molecular weight excluding hydrogens is 316 g/mol. The van der Waals surface area contributed by atoms with Crippen molar-refractivity contribution in [3.05, 3.63) is 63.1 Å². The molecule has 0 amide bonds. The van der Waals surface area contributed by atoms with Crippen LogP contribution in [-0.4, -0.2) is 12.4 Å². The molecule has 0 atom stereocenters. The summed E-state index contributed by atoms with van der Waals surface area (Å²) < 4.78 is 6.44. The smallest absolute Gasteiger partial charge is 0.197 e. The molecule has 2 aromatic carbocycles. The Balaban J connectivity index is 2.56. The van der Waals surface area contributed by atoms with Gasteiger partial charge in [0.05, 0.1) is 12.2 Å². The number of hydrogen-bond donors (Lipinski definition) is 0. The number of carbonyl (C=O) groups is 1. The first-order valence-electron chi connectivity index (χ1n) is 6.58. The second-order valence-corrected chi connectivity index (χ2v) is 5.59. The molecule has 0 fully saturated rings. The Morgan fingerprint density at radius 1 is 1.15 bits per heavy atom. The Hall–Kier alpha value is -1.61. The van der Waals surface area contributed by atoms with Gasteiger partial charge in [-0.1, -0.05) is 34.1 Å². The van der Waals surface area contributed by atoms with E-state index in [0.29, 0.717) is 17.9 Å². The Kier molecular flexibility index (Phi) is 4.61. The number of aryl methyl sites for hydroxylation is 2. The molecule has 0 saturated carbocycles. The zero-order chi connectivity index (χ0) is 14.7. The fourth-order valence-electron chi connectivity index (χ4n) is 2.27. The summed E-state index contributed by atoms with van der Waals surface area (Å²) in [5.41, 5.74) is 3.32. The zero-order valence-electron chi connectivity index (χ0n) is 11.9. The summed E-state index contributed by atoms with van der Waals surface area (Å²) in [5.74, 6) is 0.633. The minimum Gasteiger partial charge on any atom is -0.493 e. The molecule has 0 N–H and O–H groups in total. The molecule has 0 spiro atoms. The lowest BCUT2D eigenvalue weighted by molar-refractivity contribution is 0.103. The number of ketones is 1. The molecule has 2 aromatic rings. The molecule has 0 aliphatic rings. The monoisotopic (exact) mass is 332 g/mol. The molecule has 2 rings (SSSR count). The van der Waals surface area contributed by atoms with Crippen LogP contribution in [-0.2, 0) is 0 Å². The lowest BCUT2D eigenvalue weighted by Crippen LogP contribution is -2.09. The van der Waals surface area contributed by atoms with Crippen molar-refractivity contribution in [1.82, 2.24) is 0 Å². The number of benzene rings is 2. The van der Waals surface area contributed by atoms with Crippen molar-refractivity contribution in [2.75, 3.05) is 6.61 Å². The van der Waals surface area contributed by atoms with E-state index in [1.54, 1.807) is 0 Å². The minimum absolute atomic E-state index is 0.00495. The number of halogens is 1. The van der Waals surface area contributed by atoms with Gasteiger partial charge in [0.15, 0.2) is 5.78 Å². The summed E-state index contributed by atoms with van der Waals surface area (Å²) in [6, 6.07) is 11.4. The Morgan fingerprint density at radius 3 is 2.40 bits per heavy atom. The van der Waals surface area contributed by atoms with Crippen LogP contribution in [0.3, 0.4) is 0 Å². The zero-order valence-corrected chi connectivity index (χ0v) is 13.5. The standard InChI is InChI=1S/C17H17BrO2/c1-4-20-15-9-8-13(18)10-14(15)17(19)16-11(2)6-5-7-12(16)3/h5-10H,4H2,1-3H3. The molecule has 0 bridgehead atoms. The number of ether oxygens (including phenoxy) is 1. The van der Waals surface area contributed by atoms with Gasteiger partial charge in [-0.3, -0.25) is 4.79 Å².